The Kier molecular flexibility index (Phi) is 15.8. The highest BCUT2D eigenvalue weighted by molar-refractivity contribution is 5.69. The normalized spacial score (nSPS) is 10.9. The van der Waals surface area contributed by atoms with Gasteiger partial charge >= 0.3 is 5.97 Å². The highest BCUT2D eigenvalue weighted by atomic mass is 16.5. The van der Waals surface area contributed by atoms with Gasteiger partial charge in [0.2, 0.25) is 0 Å². The molecule has 1 aromatic rings. The molecule has 0 aliphatic carbocycles. The fraction of sp³-hybridized carbons (Fsp3) is 0.750. The zero-order chi connectivity index (χ0) is 19.4. The van der Waals surface area contributed by atoms with Crippen molar-refractivity contribution >= 4 is 5.97 Å². The van der Waals surface area contributed by atoms with Crippen LogP contribution >= 0.6 is 0 Å². The molecule has 1 heterocycles. The van der Waals surface area contributed by atoms with Crippen molar-refractivity contribution < 1.29 is 9.53 Å². The number of nitrogens with zero attached hydrogens (tertiary/aromatic N) is 1. The zero-order valence-electron chi connectivity index (χ0n) is 17.6. The molecule has 1 rings (SSSR count). The summed E-state index contributed by atoms with van der Waals surface area (Å²) in [6, 6.07) is 3.78. The van der Waals surface area contributed by atoms with Gasteiger partial charge in [0, 0.05) is 24.4 Å². The number of carbonyl (C=O) groups excluding carboxylic acids is 1. The summed E-state index contributed by atoms with van der Waals surface area (Å²) in [5, 5.41) is 0. The van der Waals surface area contributed by atoms with Crippen molar-refractivity contribution in [2.45, 2.75) is 116 Å². The number of esters is 1. The average Bonchev–Trinajstić information content (AvgIpc) is 2.70. The molecule has 27 heavy (non-hydrogen) atoms. The van der Waals surface area contributed by atoms with Crippen molar-refractivity contribution in [1.29, 1.82) is 0 Å². The molecule has 0 saturated heterocycles. The van der Waals surface area contributed by atoms with Crippen LogP contribution in [0.4, 0.5) is 0 Å². The Hall–Kier alpha value is -1.38. The second-order valence-electron chi connectivity index (χ2n) is 7.72. The first kappa shape index (κ1) is 23.7. The standard InChI is InChI=1S/C24H41NO2/c1-2-3-4-5-6-7-8-9-10-11-12-13-14-15-16-19-24(26)27-22-23-18-17-20-25-21-23/h17-18,20-21H,2-16,19,22H2,1H3. The van der Waals surface area contributed by atoms with Crippen LogP contribution in [-0.4, -0.2) is 11.0 Å². The van der Waals surface area contributed by atoms with Gasteiger partial charge in [0.15, 0.2) is 0 Å². The van der Waals surface area contributed by atoms with Crippen molar-refractivity contribution in [3.05, 3.63) is 30.1 Å². The van der Waals surface area contributed by atoms with Crippen LogP contribution in [0.5, 0.6) is 0 Å². The maximum Gasteiger partial charge on any atom is 0.306 e. The molecular formula is C24H41NO2. The Bertz CT molecular complexity index is 447. The topological polar surface area (TPSA) is 39.2 Å². The monoisotopic (exact) mass is 375 g/mol. The van der Waals surface area contributed by atoms with E-state index in [-0.39, 0.29) is 5.97 Å². The third kappa shape index (κ3) is 15.4. The predicted octanol–water partition coefficient (Wildman–Crippen LogP) is 7.39. The summed E-state index contributed by atoms with van der Waals surface area (Å²) in [4.78, 5) is 15.7. The number of aromatic nitrogens is 1. The summed E-state index contributed by atoms with van der Waals surface area (Å²) in [5.74, 6) is -0.0893. The van der Waals surface area contributed by atoms with Crippen molar-refractivity contribution in [1.82, 2.24) is 4.98 Å². The molecule has 0 unspecified atom stereocenters. The van der Waals surface area contributed by atoms with Gasteiger partial charge in [-0.15, -0.1) is 0 Å². The lowest BCUT2D eigenvalue weighted by molar-refractivity contribution is -0.145. The minimum Gasteiger partial charge on any atom is -0.461 e. The molecule has 0 spiro atoms. The highest BCUT2D eigenvalue weighted by Crippen LogP contribution is 2.14. The smallest absolute Gasteiger partial charge is 0.306 e. The van der Waals surface area contributed by atoms with Crippen LogP contribution in [-0.2, 0) is 16.1 Å². The molecule has 154 valence electrons. The lowest BCUT2D eigenvalue weighted by Gasteiger charge is -2.05. The summed E-state index contributed by atoms with van der Waals surface area (Å²) < 4.78 is 5.27. The van der Waals surface area contributed by atoms with Crippen LogP contribution < -0.4 is 0 Å². The number of hydrogen-bond acceptors (Lipinski definition) is 3. The minimum absolute atomic E-state index is 0.0893. The maximum absolute atomic E-state index is 11.7. The molecule has 3 nitrogen and oxygen atoms in total. The first-order valence-corrected chi connectivity index (χ1v) is 11.4. The molecule has 0 bridgehead atoms. The van der Waals surface area contributed by atoms with E-state index in [4.69, 9.17) is 4.74 Å². The lowest BCUT2D eigenvalue weighted by atomic mass is 10.0. The Morgan fingerprint density at radius 1 is 0.815 bits per heavy atom. The molecule has 0 aliphatic heterocycles. The van der Waals surface area contributed by atoms with Gasteiger partial charge in [0.05, 0.1) is 0 Å². The molecule has 1 aromatic heterocycles. The fourth-order valence-corrected chi connectivity index (χ4v) is 3.36. The van der Waals surface area contributed by atoms with E-state index < -0.39 is 0 Å². The number of carbonyl (C=O) groups is 1. The van der Waals surface area contributed by atoms with Crippen LogP contribution in [0.1, 0.15) is 115 Å². The summed E-state index contributed by atoms with van der Waals surface area (Å²) in [5.41, 5.74) is 0.947. The number of pyridine rings is 1. The van der Waals surface area contributed by atoms with Gasteiger partial charge in [0.25, 0.3) is 0 Å². The average molecular weight is 376 g/mol. The van der Waals surface area contributed by atoms with Crippen LogP contribution in [0.15, 0.2) is 24.5 Å². The molecule has 0 aliphatic rings. The van der Waals surface area contributed by atoms with Crippen molar-refractivity contribution in [2.24, 2.45) is 0 Å². The fourth-order valence-electron chi connectivity index (χ4n) is 3.36. The third-order valence-corrected chi connectivity index (χ3v) is 5.11. The van der Waals surface area contributed by atoms with Crippen molar-refractivity contribution in [3.8, 4) is 0 Å². The summed E-state index contributed by atoms with van der Waals surface area (Å²) in [6.45, 7) is 2.62. The molecule has 0 aromatic carbocycles. The molecule has 0 saturated carbocycles. The summed E-state index contributed by atoms with van der Waals surface area (Å²) in [7, 11) is 0. The second kappa shape index (κ2) is 18.0. The van der Waals surface area contributed by atoms with Gasteiger partial charge in [0.1, 0.15) is 6.61 Å². The Balaban J connectivity index is 1.77. The van der Waals surface area contributed by atoms with E-state index in [1.165, 1.54) is 83.5 Å². The van der Waals surface area contributed by atoms with Crippen LogP contribution in [0.25, 0.3) is 0 Å². The molecule has 0 N–H and O–H groups in total. The third-order valence-electron chi connectivity index (χ3n) is 5.11. The number of ether oxygens (including phenoxy) is 1. The van der Waals surface area contributed by atoms with Crippen LogP contribution in [0, 0.1) is 0 Å². The molecule has 0 amide bonds. The van der Waals surface area contributed by atoms with E-state index in [1.54, 1.807) is 12.4 Å². The van der Waals surface area contributed by atoms with E-state index in [0.29, 0.717) is 13.0 Å². The van der Waals surface area contributed by atoms with Gasteiger partial charge in [-0.1, -0.05) is 103 Å². The zero-order valence-corrected chi connectivity index (χ0v) is 17.6. The minimum atomic E-state index is -0.0893. The Morgan fingerprint density at radius 2 is 1.33 bits per heavy atom. The first-order valence-electron chi connectivity index (χ1n) is 11.4. The second-order valence-corrected chi connectivity index (χ2v) is 7.72. The number of rotatable bonds is 18. The Morgan fingerprint density at radius 3 is 1.81 bits per heavy atom. The Labute approximate surface area is 167 Å². The van der Waals surface area contributed by atoms with E-state index in [0.717, 1.165) is 18.4 Å². The summed E-state index contributed by atoms with van der Waals surface area (Å²) in [6.07, 6.45) is 24.1. The number of unbranched alkanes of at least 4 members (excludes halogenated alkanes) is 14. The van der Waals surface area contributed by atoms with Gasteiger partial charge in [-0.25, -0.2) is 0 Å². The van der Waals surface area contributed by atoms with Crippen LogP contribution in [0.3, 0.4) is 0 Å². The lowest BCUT2D eigenvalue weighted by Crippen LogP contribution is -2.04. The summed E-state index contributed by atoms with van der Waals surface area (Å²) >= 11 is 0. The quantitative estimate of drug-likeness (QED) is 0.198. The highest BCUT2D eigenvalue weighted by Gasteiger charge is 2.03. The van der Waals surface area contributed by atoms with Gasteiger partial charge in [-0.2, -0.15) is 0 Å². The van der Waals surface area contributed by atoms with Gasteiger partial charge < -0.3 is 4.74 Å². The van der Waals surface area contributed by atoms with E-state index in [1.807, 2.05) is 12.1 Å². The van der Waals surface area contributed by atoms with Crippen LogP contribution in [0.2, 0.25) is 0 Å². The van der Waals surface area contributed by atoms with Gasteiger partial charge in [-0.3, -0.25) is 9.78 Å². The van der Waals surface area contributed by atoms with Gasteiger partial charge in [-0.05, 0) is 12.5 Å². The van der Waals surface area contributed by atoms with E-state index in [2.05, 4.69) is 11.9 Å². The maximum atomic E-state index is 11.7. The van der Waals surface area contributed by atoms with E-state index in [9.17, 15) is 4.79 Å². The molecule has 0 radical (unpaired) electrons. The SMILES string of the molecule is CCCCCCCCCCCCCCCCCC(=O)OCc1cccnc1. The largest absolute Gasteiger partial charge is 0.461 e. The molecule has 0 fully saturated rings. The number of hydrogen-bond donors (Lipinski definition) is 0. The van der Waals surface area contributed by atoms with Crippen molar-refractivity contribution in [3.63, 3.8) is 0 Å². The first-order chi connectivity index (χ1) is 13.3. The molecular weight excluding hydrogens is 334 g/mol. The van der Waals surface area contributed by atoms with Crippen molar-refractivity contribution in [2.75, 3.05) is 0 Å². The predicted molar refractivity (Wildman–Crippen MR) is 114 cm³/mol. The molecule has 0 atom stereocenters. The molecule has 3 heteroatoms. The van der Waals surface area contributed by atoms with E-state index >= 15 is 0 Å².